The summed E-state index contributed by atoms with van der Waals surface area (Å²) in [6, 6.07) is 0. The van der Waals surface area contributed by atoms with Gasteiger partial charge in [0.2, 0.25) is 0 Å². The fourth-order valence-electron chi connectivity index (χ4n) is 0. The molecule has 0 heterocycles. The zero-order valence-electron chi connectivity index (χ0n) is 4.92. The Bertz CT molecular complexity index is 37.0. The molecule has 0 atom stereocenters. The first-order valence-electron chi connectivity index (χ1n) is 0.532. The Morgan fingerprint density at radius 2 is 1.50 bits per heavy atom. The molecule has 4 N–H and O–H groups in total. The molecule has 0 amide bonds. The normalized spacial score (nSPS) is 5.83. The van der Waals surface area contributed by atoms with Crippen LogP contribution in [0.4, 0.5) is 0 Å². The van der Waals surface area contributed by atoms with Crippen LogP contribution in [0, 0.1) is 0 Å². The van der Waals surface area contributed by atoms with E-state index in [1.807, 2.05) is 0 Å². The summed E-state index contributed by atoms with van der Waals surface area (Å²) in [7, 11) is 0. The number of rotatable bonds is 0. The molecule has 6 heteroatoms. The molecule has 0 unspecified atom stereocenters. The van der Waals surface area contributed by atoms with Gasteiger partial charge in [-0.3, -0.25) is 9.11 Å². The molecule has 38 valence electrons. The van der Waals surface area contributed by atoms with Crippen molar-refractivity contribution in [3.63, 3.8) is 0 Å². The van der Waals surface area contributed by atoms with Crippen LogP contribution in [0.1, 0.15) is 2.85 Å². The maximum Gasteiger partial charge on any atom is 2.00 e. The van der Waals surface area contributed by atoms with Crippen molar-refractivity contribution in [3.8, 4) is 0 Å². The first kappa shape index (κ1) is 15.7. The van der Waals surface area contributed by atoms with Crippen LogP contribution in [0.15, 0.2) is 0 Å². The predicted octanol–water partition coefficient (Wildman–Crippen LogP) is -1.30. The van der Waals surface area contributed by atoms with Crippen molar-refractivity contribution >= 4 is 49.1 Å². The van der Waals surface area contributed by atoms with Crippen molar-refractivity contribution in [1.29, 1.82) is 0 Å². The fourth-order valence-corrected chi connectivity index (χ4v) is 0. The first-order chi connectivity index (χ1) is 1.73. The van der Waals surface area contributed by atoms with Crippen LogP contribution in [0.5, 0.6) is 0 Å². The molecule has 0 rings (SSSR count). The standard InChI is InChI=1S/Ca.H2O3S.H2O.2H/c;1-4(2)3;;;/h;(H2,1,2,3);1H2;;/q+2;;;2*-1. The Balaban J connectivity index is -0.00000000750. The monoisotopic (exact) mass is 142 g/mol. The first-order valence-corrected chi connectivity index (χ1v) is 1.60. The van der Waals surface area contributed by atoms with Crippen molar-refractivity contribution in [3.05, 3.63) is 0 Å². The van der Waals surface area contributed by atoms with E-state index in [4.69, 9.17) is 13.3 Å². The molecule has 0 fully saturated rings. The van der Waals surface area contributed by atoms with Gasteiger partial charge in [-0.25, -0.2) is 0 Å². The topological polar surface area (TPSA) is 89.0 Å². The summed E-state index contributed by atoms with van der Waals surface area (Å²) in [4.78, 5) is 0. The van der Waals surface area contributed by atoms with E-state index >= 15 is 0 Å². The van der Waals surface area contributed by atoms with E-state index in [0.29, 0.717) is 0 Å². The van der Waals surface area contributed by atoms with Gasteiger partial charge in [0, 0.05) is 0 Å². The van der Waals surface area contributed by atoms with Gasteiger partial charge in [-0.2, -0.15) is 4.21 Å². The second kappa shape index (κ2) is 9.56. The third-order valence-electron chi connectivity index (χ3n) is 0. The molecule has 6 heavy (non-hydrogen) atoms. The van der Waals surface area contributed by atoms with E-state index in [2.05, 4.69) is 0 Å². The summed E-state index contributed by atoms with van der Waals surface area (Å²) >= 11 is -2.61. The zero-order valence-corrected chi connectivity index (χ0v) is 5.94. The van der Waals surface area contributed by atoms with Crippen LogP contribution in [0.3, 0.4) is 0 Å². The predicted molar refractivity (Wildman–Crippen MR) is 25.0 cm³/mol. The SMILES string of the molecule is O.O=S(O)O.[Ca+2].[H-].[H-]. The molecule has 4 nitrogen and oxygen atoms in total. The minimum Gasteiger partial charge on any atom is -1.00 e. The molecule has 0 radical (unpaired) electrons. The second-order valence-corrected chi connectivity index (χ2v) is 0.692. The molecule has 0 aliphatic rings. The van der Waals surface area contributed by atoms with Crippen molar-refractivity contribution in [1.82, 2.24) is 0 Å². The number of hydrogen-bond acceptors (Lipinski definition) is 1. The van der Waals surface area contributed by atoms with Crippen molar-refractivity contribution in [2.45, 2.75) is 0 Å². The van der Waals surface area contributed by atoms with Gasteiger partial charge < -0.3 is 8.33 Å². The van der Waals surface area contributed by atoms with Crippen LogP contribution in [0.2, 0.25) is 0 Å². The zero-order chi connectivity index (χ0) is 3.58. The summed E-state index contributed by atoms with van der Waals surface area (Å²) in [6.45, 7) is 0. The second-order valence-electron chi connectivity index (χ2n) is 0.231. The smallest absolute Gasteiger partial charge is 1.00 e. The molecule has 0 aromatic carbocycles. The minimum absolute atomic E-state index is 0. The molecule has 0 aromatic heterocycles. The molecule has 0 saturated carbocycles. The summed E-state index contributed by atoms with van der Waals surface area (Å²) in [6.07, 6.45) is 0. The Labute approximate surface area is 70.3 Å². The van der Waals surface area contributed by atoms with E-state index in [9.17, 15) is 0 Å². The molecular formula is H6CaO4S. The average molecular weight is 142 g/mol. The van der Waals surface area contributed by atoms with Crippen LogP contribution < -0.4 is 0 Å². The number of hydrogen-bond donors (Lipinski definition) is 2. The average Bonchev–Trinajstić information content (AvgIpc) is 0.811. The largest absolute Gasteiger partial charge is 2.00 e. The van der Waals surface area contributed by atoms with E-state index in [0.717, 1.165) is 0 Å². The van der Waals surface area contributed by atoms with Crippen LogP contribution in [-0.2, 0) is 11.4 Å². The van der Waals surface area contributed by atoms with E-state index < -0.39 is 11.4 Å². The van der Waals surface area contributed by atoms with Gasteiger partial charge in [0.05, 0.1) is 0 Å². The van der Waals surface area contributed by atoms with Gasteiger partial charge in [-0.15, -0.1) is 0 Å². The van der Waals surface area contributed by atoms with Gasteiger partial charge in [0.25, 0.3) is 11.4 Å². The molecule has 0 aliphatic carbocycles. The third kappa shape index (κ3) is 58.5. The molecule has 0 aromatic rings. The Morgan fingerprint density at radius 3 is 1.50 bits per heavy atom. The molecule has 0 aliphatic heterocycles. The Kier molecular flexibility index (Phi) is 25.0. The van der Waals surface area contributed by atoms with Gasteiger partial charge in [-0.05, 0) is 0 Å². The van der Waals surface area contributed by atoms with Crippen LogP contribution in [-0.4, -0.2) is 56.5 Å². The van der Waals surface area contributed by atoms with Gasteiger partial charge in [-0.1, -0.05) is 0 Å². The van der Waals surface area contributed by atoms with Crippen LogP contribution >= 0.6 is 0 Å². The maximum atomic E-state index is 8.67. The van der Waals surface area contributed by atoms with Crippen LogP contribution in [0.25, 0.3) is 0 Å². The fraction of sp³-hybridized carbons (Fsp3) is 0. The molecule has 0 saturated heterocycles. The van der Waals surface area contributed by atoms with E-state index in [-0.39, 0.29) is 46.1 Å². The summed E-state index contributed by atoms with van der Waals surface area (Å²) in [5.41, 5.74) is 0. The van der Waals surface area contributed by atoms with Crippen molar-refractivity contribution < 1.29 is 21.6 Å². The quantitative estimate of drug-likeness (QED) is 0.325. The summed E-state index contributed by atoms with van der Waals surface area (Å²) in [5, 5.41) is 0. The molecule has 0 bridgehead atoms. The van der Waals surface area contributed by atoms with Crippen molar-refractivity contribution in [2.24, 2.45) is 0 Å². The molecular weight excluding hydrogens is 136 g/mol. The van der Waals surface area contributed by atoms with Gasteiger partial charge >= 0.3 is 37.7 Å². The van der Waals surface area contributed by atoms with E-state index in [1.54, 1.807) is 0 Å². The summed E-state index contributed by atoms with van der Waals surface area (Å²) < 4.78 is 22.8. The summed E-state index contributed by atoms with van der Waals surface area (Å²) in [5.74, 6) is 0. The minimum atomic E-state index is -2.61. The Hall–Kier alpha value is 1.29. The molecule has 0 spiro atoms. The van der Waals surface area contributed by atoms with Gasteiger partial charge in [0.1, 0.15) is 0 Å². The van der Waals surface area contributed by atoms with Crippen molar-refractivity contribution in [2.75, 3.05) is 0 Å². The maximum absolute atomic E-state index is 8.67. The van der Waals surface area contributed by atoms with Gasteiger partial charge in [0.15, 0.2) is 0 Å². The Morgan fingerprint density at radius 1 is 1.50 bits per heavy atom. The van der Waals surface area contributed by atoms with E-state index in [1.165, 1.54) is 0 Å². The third-order valence-corrected chi connectivity index (χ3v) is 0.